The van der Waals surface area contributed by atoms with Gasteiger partial charge in [0.15, 0.2) is 0 Å². The third-order valence-corrected chi connectivity index (χ3v) is 3.53. The first-order valence-corrected chi connectivity index (χ1v) is 7.88. The van der Waals surface area contributed by atoms with Gasteiger partial charge in [-0.15, -0.1) is 0 Å². The van der Waals surface area contributed by atoms with Crippen molar-refractivity contribution in [1.29, 1.82) is 0 Å². The lowest BCUT2D eigenvalue weighted by Gasteiger charge is -2.12. The zero-order valence-corrected chi connectivity index (χ0v) is 14.5. The Morgan fingerprint density at radius 3 is 1.92 bits per heavy atom. The number of benzene rings is 2. The van der Waals surface area contributed by atoms with Crippen molar-refractivity contribution >= 4 is 34.8 Å². The fourth-order valence-electron chi connectivity index (χ4n) is 2.42. The maximum atomic E-state index is 12.1. The first-order valence-electron chi connectivity index (χ1n) is 7.88. The smallest absolute Gasteiger partial charge is 0.233 e. The molecule has 0 aromatic heterocycles. The minimum Gasteiger partial charge on any atom is -0.326 e. The van der Waals surface area contributed by atoms with Crippen molar-refractivity contribution in [1.82, 2.24) is 0 Å². The van der Waals surface area contributed by atoms with E-state index in [9.17, 15) is 14.4 Å². The summed E-state index contributed by atoms with van der Waals surface area (Å²) in [6.45, 7) is 5.20. The Morgan fingerprint density at radius 2 is 1.32 bits per heavy atom. The van der Waals surface area contributed by atoms with Crippen LogP contribution in [-0.4, -0.2) is 17.7 Å². The van der Waals surface area contributed by atoms with E-state index in [1.807, 2.05) is 32.0 Å². The van der Waals surface area contributed by atoms with E-state index < -0.39 is 5.91 Å². The van der Waals surface area contributed by atoms with Gasteiger partial charge in [-0.1, -0.05) is 24.3 Å². The molecular formula is C19H21N3O3. The number of para-hydroxylation sites is 1. The SMILES string of the molecule is CC(=O)Nc1cccc(NC(=O)CC(=O)Nc2c(C)cccc2C)c1. The van der Waals surface area contributed by atoms with Crippen molar-refractivity contribution < 1.29 is 14.4 Å². The van der Waals surface area contributed by atoms with E-state index in [1.54, 1.807) is 24.3 Å². The van der Waals surface area contributed by atoms with Crippen LogP contribution in [0.15, 0.2) is 42.5 Å². The third kappa shape index (κ3) is 5.46. The lowest BCUT2D eigenvalue weighted by molar-refractivity contribution is -0.123. The maximum Gasteiger partial charge on any atom is 0.233 e. The van der Waals surface area contributed by atoms with Crippen LogP contribution in [0.1, 0.15) is 24.5 Å². The lowest BCUT2D eigenvalue weighted by Crippen LogP contribution is -2.22. The molecule has 0 heterocycles. The molecule has 6 nitrogen and oxygen atoms in total. The molecule has 6 heteroatoms. The van der Waals surface area contributed by atoms with E-state index >= 15 is 0 Å². The van der Waals surface area contributed by atoms with E-state index in [0.717, 1.165) is 16.8 Å². The highest BCUT2D eigenvalue weighted by Gasteiger charge is 2.12. The summed E-state index contributed by atoms with van der Waals surface area (Å²) in [5.41, 5.74) is 3.70. The van der Waals surface area contributed by atoms with Gasteiger partial charge in [0.05, 0.1) is 0 Å². The Hall–Kier alpha value is -3.15. The molecule has 0 saturated carbocycles. The van der Waals surface area contributed by atoms with Gasteiger partial charge >= 0.3 is 0 Å². The van der Waals surface area contributed by atoms with Crippen LogP contribution in [-0.2, 0) is 14.4 Å². The van der Waals surface area contributed by atoms with Gasteiger partial charge in [0.1, 0.15) is 6.42 Å². The molecule has 0 saturated heterocycles. The molecule has 3 amide bonds. The molecule has 0 aliphatic heterocycles. The van der Waals surface area contributed by atoms with Gasteiger partial charge in [-0.2, -0.15) is 0 Å². The average Bonchev–Trinajstić information content (AvgIpc) is 2.50. The fourth-order valence-corrected chi connectivity index (χ4v) is 2.42. The molecule has 0 atom stereocenters. The van der Waals surface area contributed by atoms with Crippen molar-refractivity contribution in [2.75, 3.05) is 16.0 Å². The highest BCUT2D eigenvalue weighted by atomic mass is 16.2. The van der Waals surface area contributed by atoms with Crippen LogP contribution in [0.2, 0.25) is 0 Å². The van der Waals surface area contributed by atoms with Gasteiger partial charge < -0.3 is 16.0 Å². The van der Waals surface area contributed by atoms with Crippen LogP contribution in [0.4, 0.5) is 17.1 Å². The summed E-state index contributed by atoms with van der Waals surface area (Å²) in [5, 5.41) is 8.06. The summed E-state index contributed by atoms with van der Waals surface area (Å²) in [5.74, 6) is -1.01. The van der Waals surface area contributed by atoms with E-state index in [2.05, 4.69) is 16.0 Å². The largest absolute Gasteiger partial charge is 0.326 e. The summed E-state index contributed by atoms with van der Waals surface area (Å²) in [6, 6.07) is 12.4. The number of nitrogens with one attached hydrogen (secondary N) is 3. The Morgan fingerprint density at radius 1 is 0.800 bits per heavy atom. The highest BCUT2D eigenvalue weighted by molar-refractivity contribution is 6.08. The van der Waals surface area contributed by atoms with Gasteiger partial charge in [-0.25, -0.2) is 0 Å². The van der Waals surface area contributed by atoms with Crippen molar-refractivity contribution in [3.8, 4) is 0 Å². The van der Waals surface area contributed by atoms with E-state index in [0.29, 0.717) is 11.4 Å². The number of carbonyl (C=O) groups is 3. The number of rotatable bonds is 5. The number of amides is 3. The quantitative estimate of drug-likeness (QED) is 0.731. The Labute approximate surface area is 146 Å². The molecule has 0 bridgehead atoms. The van der Waals surface area contributed by atoms with Gasteiger partial charge in [0.25, 0.3) is 0 Å². The summed E-state index contributed by atoms with van der Waals surface area (Å²) in [4.78, 5) is 35.2. The number of carbonyl (C=O) groups excluding carboxylic acids is 3. The standard InChI is InChI=1S/C19H21N3O3/c1-12-6-4-7-13(2)19(12)22-18(25)11-17(24)21-16-9-5-8-15(10-16)20-14(3)23/h4-10H,11H2,1-3H3,(H,20,23)(H,21,24)(H,22,25). The highest BCUT2D eigenvalue weighted by Crippen LogP contribution is 2.20. The van der Waals surface area contributed by atoms with Crippen LogP contribution in [0, 0.1) is 13.8 Å². The molecule has 0 radical (unpaired) electrons. The predicted molar refractivity (Wildman–Crippen MR) is 98.5 cm³/mol. The number of hydrogen-bond acceptors (Lipinski definition) is 3. The normalized spacial score (nSPS) is 10.0. The van der Waals surface area contributed by atoms with E-state index in [-0.39, 0.29) is 18.2 Å². The molecule has 0 unspecified atom stereocenters. The van der Waals surface area contributed by atoms with Crippen LogP contribution in [0.5, 0.6) is 0 Å². The number of hydrogen-bond donors (Lipinski definition) is 3. The molecule has 2 aromatic rings. The molecule has 25 heavy (non-hydrogen) atoms. The van der Waals surface area contributed by atoms with Gasteiger partial charge in [-0.05, 0) is 43.2 Å². The molecule has 130 valence electrons. The maximum absolute atomic E-state index is 12.1. The van der Waals surface area contributed by atoms with Crippen LogP contribution >= 0.6 is 0 Å². The van der Waals surface area contributed by atoms with Crippen LogP contribution in [0.25, 0.3) is 0 Å². The van der Waals surface area contributed by atoms with Gasteiger partial charge in [0.2, 0.25) is 17.7 Å². The average molecular weight is 339 g/mol. The molecule has 2 aromatic carbocycles. The second-order valence-electron chi connectivity index (χ2n) is 5.80. The topological polar surface area (TPSA) is 87.3 Å². The molecular weight excluding hydrogens is 318 g/mol. The monoisotopic (exact) mass is 339 g/mol. The van der Waals surface area contributed by atoms with Crippen molar-refractivity contribution in [3.05, 3.63) is 53.6 Å². The summed E-state index contributed by atoms with van der Waals surface area (Å²) < 4.78 is 0. The molecule has 0 aliphatic carbocycles. The van der Waals surface area contributed by atoms with Gasteiger partial charge in [0, 0.05) is 24.0 Å². The van der Waals surface area contributed by atoms with Crippen molar-refractivity contribution in [3.63, 3.8) is 0 Å². The van der Waals surface area contributed by atoms with Crippen LogP contribution < -0.4 is 16.0 Å². The summed E-state index contributed by atoms with van der Waals surface area (Å²) >= 11 is 0. The predicted octanol–water partition coefficient (Wildman–Crippen LogP) is 3.23. The van der Waals surface area contributed by atoms with Gasteiger partial charge in [-0.3, -0.25) is 14.4 Å². The molecule has 0 fully saturated rings. The Kier molecular flexibility index (Phi) is 5.89. The minimum atomic E-state index is -0.427. The van der Waals surface area contributed by atoms with Crippen molar-refractivity contribution in [2.45, 2.75) is 27.2 Å². The molecule has 0 aliphatic rings. The third-order valence-electron chi connectivity index (χ3n) is 3.53. The van der Waals surface area contributed by atoms with E-state index in [4.69, 9.17) is 0 Å². The second-order valence-corrected chi connectivity index (χ2v) is 5.80. The number of aryl methyl sites for hydroxylation is 2. The van der Waals surface area contributed by atoms with E-state index in [1.165, 1.54) is 6.92 Å². The first kappa shape index (κ1) is 18.2. The lowest BCUT2D eigenvalue weighted by atomic mass is 10.1. The zero-order valence-electron chi connectivity index (χ0n) is 14.5. The second kappa shape index (κ2) is 8.10. The van der Waals surface area contributed by atoms with Crippen LogP contribution in [0.3, 0.4) is 0 Å². The molecule has 0 spiro atoms. The first-order chi connectivity index (χ1) is 11.8. The zero-order chi connectivity index (χ0) is 18.4. The fraction of sp³-hybridized carbons (Fsp3) is 0.211. The minimum absolute atomic E-state index is 0.198. The Balaban J connectivity index is 1.96. The van der Waals surface area contributed by atoms with Crippen molar-refractivity contribution in [2.24, 2.45) is 0 Å². The summed E-state index contributed by atoms with van der Waals surface area (Å²) in [6.07, 6.45) is -0.294. The summed E-state index contributed by atoms with van der Waals surface area (Å²) in [7, 11) is 0. The molecule has 3 N–H and O–H groups in total. The molecule has 2 rings (SSSR count). The Bertz CT molecular complexity index is 795. The number of anilines is 3.